The van der Waals surface area contributed by atoms with Crippen molar-refractivity contribution in [3.05, 3.63) is 60.2 Å². The van der Waals surface area contributed by atoms with E-state index in [1.165, 1.54) is 0 Å². The van der Waals surface area contributed by atoms with Gasteiger partial charge in [-0.2, -0.15) is 0 Å². The van der Waals surface area contributed by atoms with Gasteiger partial charge in [-0.3, -0.25) is 9.59 Å². The average Bonchev–Trinajstić information content (AvgIpc) is 3.03. The van der Waals surface area contributed by atoms with Gasteiger partial charge in [0, 0.05) is 12.1 Å². The van der Waals surface area contributed by atoms with Gasteiger partial charge in [0.05, 0.1) is 19.1 Å². The summed E-state index contributed by atoms with van der Waals surface area (Å²) in [5, 5.41) is 5.80. The molecule has 1 fully saturated rings. The molecule has 3 rings (SSSR count). The normalized spacial score (nSPS) is 16.5. The summed E-state index contributed by atoms with van der Waals surface area (Å²) in [5.41, 5.74) is 1.75. The second-order valence-electron chi connectivity index (χ2n) is 5.74. The van der Waals surface area contributed by atoms with Crippen molar-refractivity contribution in [3.8, 4) is 5.75 Å². The predicted molar refractivity (Wildman–Crippen MR) is 91.7 cm³/mol. The minimum Gasteiger partial charge on any atom is -0.493 e. The number of hydrogen-bond acceptors (Lipinski definition) is 3. The molecule has 0 bridgehead atoms. The van der Waals surface area contributed by atoms with Gasteiger partial charge >= 0.3 is 0 Å². The van der Waals surface area contributed by atoms with E-state index in [0.29, 0.717) is 13.0 Å². The first kappa shape index (κ1) is 16.1. The molecule has 0 saturated carbocycles. The Labute approximate surface area is 141 Å². The molecule has 1 heterocycles. The highest BCUT2D eigenvalue weighted by molar-refractivity contribution is 5.90. The lowest BCUT2D eigenvalue weighted by Gasteiger charge is -2.12. The number of amides is 2. The van der Waals surface area contributed by atoms with Crippen molar-refractivity contribution in [2.75, 3.05) is 11.9 Å². The summed E-state index contributed by atoms with van der Waals surface area (Å²) in [6.45, 7) is 0.328. The van der Waals surface area contributed by atoms with Crippen molar-refractivity contribution in [2.45, 2.75) is 25.3 Å². The maximum absolute atomic E-state index is 12.0. The number of ether oxygens (including phenoxy) is 1. The van der Waals surface area contributed by atoms with Crippen molar-refractivity contribution in [2.24, 2.45) is 0 Å². The van der Waals surface area contributed by atoms with Crippen LogP contribution in [0.25, 0.3) is 0 Å². The molecule has 5 heteroatoms. The largest absolute Gasteiger partial charge is 0.493 e. The molecule has 124 valence electrons. The Balaban J connectivity index is 1.50. The lowest BCUT2D eigenvalue weighted by molar-refractivity contribution is -0.119. The van der Waals surface area contributed by atoms with Crippen LogP contribution in [-0.4, -0.2) is 18.4 Å². The molecule has 0 aliphatic carbocycles. The molecular formula is C19H20N2O3. The number of carbonyl (C=O) groups is 2. The van der Waals surface area contributed by atoms with E-state index < -0.39 is 0 Å². The molecule has 0 radical (unpaired) electrons. The minimum absolute atomic E-state index is 0.0377. The summed E-state index contributed by atoms with van der Waals surface area (Å²) in [4.78, 5) is 23.4. The van der Waals surface area contributed by atoms with Crippen LogP contribution in [0.15, 0.2) is 54.6 Å². The maximum atomic E-state index is 12.0. The highest BCUT2D eigenvalue weighted by Gasteiger charge is 2.22. The van der Waals surface area contributed by atoms with Crippen molar-refractivity contribution < 1.29 is 14.3 Å². The highest BCUT2D eigenvalue weighted by Crippen LogP contribution is 2.25. The van der Waals surface area contributed by atoms with Crippen LogP contribution in [-0.2, 0) is 9.59 Å². The summed E-state index contributed by atoms with van der Waals surface area (Å²) >= 11 is 0. The van der Waals surface area contributed by atoms with E-state index in [-0.39, 0.29) is 24.3 Å². The van der Waals surface area contributed by atoms with Gasteiger partial charge in [-0.1, -0.05) is 30.3 Å². The lowest BCUT2D eigenvalue weighted by Crippen LogP contribution is -2.19. The van der Waals surface area contributed by atoms with Crippen LogP contribution in [0, 0.1) is 0 Å². The molecule has 1 saturated heterocycles. The van der Waals surface area contributed by atoms with E-state index in [4.69, 9.17) is 4.74 Å². The van der Waals surface area contributed by atoms with Crippen LogP contribution in [0.3, 0.4) is 0 Å². The van der Waals surface area contributed by atoms with Crippen LogP contribution in [0.5, 0.6) is 5.75 Å². The van der Waals surface area contributed by atoms with Crippen molar-refractivity contribution in [3.63, 3.8) is 0 Å². The van der Waals surface area contributed by atoms with E-state index in [0.717, 1.165) is 23.4 Å². The van der Waals surface area contributed by atoms with Crippen LogP contribution < -0.4 is 15.4 Å². The van der Waals surface area contributed by atoms with Gasteiger partial charge in [0.1, 0.15) is 5.75 Å². The molecule has 0 spiro atoms. The second-order valence-corrected chi connectivity index (χ2v) is 5.74. The van der Waals surface area contributed by atoms with Crippen LogP contribution in [0.4, 0.5) is 5.69 Å². The van der Waals surface area contributed by atoms with Crippen molar-refractivity contribution in [1.82, 2.24) is 5.32 Å². The van der Waals surface area contributed by atoms with Gasteiger partial charge in [-0.05, 0) is 36.2 Å². The number of para-hydroxylation sites is 1. The Hall–Kier alpha value is -2.82. The summed E-state index contributed by atoms with van der Waals surface area (Å²) < 4.78 is 5.52. The molecule has 2 amide bonds. The number of hydrogen-bond donors (Lipinski definition) is 2. The molecule has 1 aliphatic rings. The Morgan fingerprint density at radius 3 is 2.75 bits per heavy atom. The third kappa shape index (κ3) is 4.35. The highest BCUT2D eigenvalue weighted by atomic mass is 16.5. The zero-order valence-corrected chi connectivity index (χ0v) is 13.3. The molecule has 5 nitrogen and oxygen atoms in total. The zero-order chi connectivity index (χ0) is 16.8. The molecule has 1 atom stereocenters. The quantitative estimate of drug-likeness (QED) is 0.858. The average molecular weight is 324 g/mol. The van der Waals surface area contributed by atoms with E-state index in [2.05, 4.69) is 10.6 Å². The number of anilines is 1. The second kappa shape index (κ2) is 7.64. The monoisotopic (exact) mass is 324 g/mol. The Morgan fingerprint density at radius 2 is 2.00 bits per heavy atom. The number of benzene rings is 2. The van der Waals surface area contributed by atoms with Crippen molar-refractivity contribution in [1.29, 1.82) is 0 Å². The van der Waals surface area contributed by atoms with Gasteiger partial charge in [0.25, 0.3) is 0 Å². The van der Waals surface area contributed by atoms with E-state index >= 15 is 0 Å². The fourth-order valence-electron chi connectivity index (χ4n) is 2.70. The van der Waals surface area contributed by atoms with Gasteiger partial charge < -0.3 is 15.4 Å². The standard InChI is InChI=1S/C19H20N2O3/c22-18-10-9-17(21-18)14-5-4-6-15(13-14)20-19(23)11-12-24-16-7-2-1-3-8-16/h1-8,13,17H,9-12H2,(H,20,23)(H,21,22). The molecular weight excluding hydrogens is 304 g/mol. The third-order valence-corrected chi connectivity index (χ3v) is 3.91. The lowest BCUT2D eigenvalue weighted by atomic mass is 10.0. The third-order valence-electron chi connectivity index (χ3n) is 3.91. The Kier molecular flexibility index (Phi) is 5.11. The first-order valence-electron chi connectivity index (χ1n) is 8.08. The van der Waals surface area contributed by atoms with Crippen LogP contribution in [0.1, 0.15) is 30.9 Å². The topological polar surface area (TPSA) is 67.4 Å². The van der Waals surface area contributed by atoms with Crippen LogP contribution in [0.2, 0.25) is 0 Å². The fraction of sp³-hybridized carbons (Fsp3) is 0.263. The van der Waals surface area contributed by atoms with Gasteiger partial charge in [-0.15, -0.1) is 0 Å². The Morgan fingerprint density at radius 1 is 1.17 bits per heavy atom. The van der Waals surface area contributed by atoms with Gasteiger partial charge in [0.2, 0.25) is 11.8 Å². The number of rotatable bonds is 6. The summed E-state index contributed by atoms with van der Waals surface area (Å²) in [6, 6.07) is 17.1. The first-order valence-corrected chi connectivity index (χ1v) is 8.08. The molecule has 24 heavy (non-hydrogen) atoms. The molecule has 1 aliphatic heterocycles. The smallest absolute Gasteiger partial charge is 0.227 e. The number of nitrogens with one attached hydrogen (secondary N) is 2. The summed E-state index contributed by atoms with van der Waals surface area (Å²) in [7, 11) is 0. The molecule has 2 aromatic rings. The molecule has 0 aromatic heterocycles. The zero-order valence-electron chi connectivity index (χ0n) is 13.3. The van der Waals surface area contributed by atoms with E-state index in [1.807, 2.05) is 54.6 Å². The summed E-state index contributed by atoms with van der Waals surface area (Å²) in [6.07, 6.45) is 1.62. The van der Waals surface area contributed by atoms with E-state index in [9.17, 15) is 9.59 Å². The summed E-state index contributed by atoms with van der Waals surface area (Å²) in [5.74, 6) is 0.732. The fourth-order valence-corrected chi connectivity index (χ4v) is 2.70. The number of carbonyl (C=O) groups excluding carboxylic acids is 2. The molecule has 2 N–H and O–H groups in total. The Bertz CT molecular complexity index is 716. The van der Waals surface area contributed by atoms with Crippen molar-refractivity contribution >= 4 is 17.5 Å². The SMILES string of the molecule is O=C(CCOc1ccccc1)Nc1cccc(C2CCC(=O)N2)c1. The predicted octanol–water partition coefficient (Wildman–Crippen LogP) is 3.05. The minimum atomic E-state index is -0.0986. The first-order chi connectivity index (χ1) is 11.7. The maximum Gasteiger partial charge on any atom is 0.227 e. The molecule has 1 unspecified atom stereocenters. The van der Waals surface area contributed by atoms with Gasteiger partial charge in [-0.25, -0.2) is 0 Å². The van der Waals surface area contributed by atoms with Gasteiger partial charge in [0.15, 0.2) is 0 Å². The van der Waals surface area contributed by atoms with E-state index in [1.54, 1.807) is 0 Å². The molecule has 2 aromatic carbocycles. The van der Waals surface area contributed by atoms with Crippen LogP contribution >= 0.6 is 0 Å².